The molecule has 0 unspecified atom stereocenters. The first kappa shape index (κ1) is 16.9. The summed E-state index contributed by atoms with van der Waals surface area (Å²) in [5.74, 6) is -1.54. The van der Waals surface area contributed by atoms with Crippen molar-refractivity contribution in [2.45, 2.75) is 27.3 Å². The van der Waals surface area contributed by atoms with Crippen molar-refractivity contribution in [1.29, 1.82) is 0 Å². The summed E-state index contributed by atoms with van der Waals surface area (Å²) in [7, 11) is 0. The van der Waals surface area contributed by atoms with Gasteiger partial charge in [-0.15, -0.1) is 0 Å². The van der Waals surface area contributed by atoms with E-state index in [-0.39, 0.29) is 17.3 Å². The number of carbonyl (C=O) groups excluding carboxylic acids is 1. The predicted molar refractivity (Wildman–Crippen MR) is 90.0 cm³/mol. The van der Waals surface area contributed by atoms with Gasteiger partial charge in [0.2, 0.25) is 0 Å². The highest BCUT2D eigenvalue weighted by Crippen LogP contribution is 2.24. The van der Waals surface area contributed by atoms with Crippen molar-refractivity contribution < 1.29 is 14.7 Å². The molecule has 0 fully saturated rings. The number of nitrogens with zero attached hydrogens (tertiary/aromatic N) is 5. The number of carbonyl (C=O) groups is 2. The zero-order chi connectivity index (χ0) is 18.3. The summed E-state index contributed by atoms with van der Waals surface area (Å²) in [5.41, 5.74) is 2.75. The molecule has 10 heteroatoms. The molecule has 2 N–H and O–H groups in total. The Morgan fingerprint density at radius 1 is 1.28 bits per heavy atom. The Bertz CT molecular complexity index is 1010. The van der Waals surface area contributed by atoms with Crippen molar-refractivity contribution in [3.8, 4) is 0 Å². The first-order valence-corrected chi connectivity index (χ1v) is 7.73. The van der Waals surface area contributed by atoms with Crippen molar-refractivity contribution in [2.75, 3.05) is 5.32 Å². The van der Waals surface area contributed by atoms with E-state index in [1.54, 1.807) is 26.2 Å². The van der Waals surface area contributed by atoms with Crippen LogP contribution in [0.5, 0.6) is 0 Å². The third-order valence-electron chi connectivity index (χ3n) is 3.67. The highest BCUT2D eigenvalue weighted by molar-refractivity contribution is 6.37. The van der Waals surface area contributed by atoms with Gasteiger partial charge in [-0.3, -0.25) is 14.3 Å². The zero-order valence-corrected chi connectivity index (χ0v) is 14.5. The maximum atomic E-state index is 12.6. The Morgan fingerprint density at radius 3 is 2.68 bits per heavy atom. The molecule has 0 aliphatic carbocycles. The van der Waals surface area contributed by atoms with E-state index < -0.39 is 11.9 Å². The summed E-state index contributed by atoms with van der Waals surface area (Å²) < 4.78 is 2.75. The number of aromatic nitrogens is 5. The van der Waals surface area contributed by atoms with Gasteiger partial charge in [-0.2, -0.15) is 10.2 Å². The fraction of sp³-hybridized carbons (Fsp3) is 0.267. The average Bonchev–Trinajstić information content (AvgIpc) is 2.98. The minimum atomic E-state index is -1.02. The first-order valence-electron chi connectivity index (χ1n) is 7.35. The van der Waals surface area contributed by atoms with Gasteiger partial charge in [0.25, 0.3) is 5.91 Å². The van der Waals surface area contributed by atoms with Crippen LogP contribution in [0.2, 0.25) is 5.02 Å². The van der Waals surface area contributed by atoms with Crippen LogP contribution in [0.4, 0.5) is 5.69 Å². The topological polar surface area (TPSA) is 114 Å². The molecule has 25 heavy (non-hydrogen) atoms. The third kappa shape index (κ3) is 3.05. The second-order valence-corrected chi connectivity index (χ2v) is 5.99. The lowest BCUT2D eigenvalue weighted by Crippen LogP contribution is -2.15. The lowest BCUT2D eigenvalue weighted by molar-refractivity contribution is -0.137. The predicted octanol–water partition coefficient (Wildman–Crippen LogP) is 1.84. The molecule has 0 atom stereocenters. The first-order chi connectivity index (χ1) is 11.8. The molecule has 0 bridgehead atoms. The van der Waals surface area contributed by atoms with Crippen molar-refractivity contribution in [3.05, 3.63) is 40.1 Å². The summed E-state index contributed by atoms with van der Waals surface area (Å²) in [5, 5.41) is 20.0. The number of aryl methyl sites for hydroxylation is 2. The number of amides is 1. The number of carboxylic acids is 1. The zero-order valence-electron chi connectivity index (χ0n) is 13.7. The number of hydrogen-bond donors (Lipinski definition) is 2. The average molecular weight is 363 g/mol. The molecule has 0 saturated heterocycles. The molecule has 0 aliphatic heterocycles. The molecular formula is C15H15ClN6O3. The quantitative estimate of drug-likeness (QED) is 0.731. The van der Waals surface area contributed by atoms with Gasteiger partial charge in [-0.05, 0) is 26.3 Å². The van der Waals surface area contributed by atoms with E-state index in [0.717, 1.165) is 5.56 Å². The Balaban J connectivity index is 1.94. The van der Waals surface area contributed by atoms with Gasteiger partial charge < -0.3 is 10.4 Å². The standard InChI is InChI=1S/C15H15ClN6O3/c1-7-4-17-14-11(16)13(20-22(14)5-7)15(25)18-12-8(2)19-21(9(12)3)6-10(23)24/h4-5H,6H2,1-3H3,(H,18,25)(H,23,24). The summed E-state index contributed by atoms with van der Waals surface area (Å²) in [6.45, 7) is 4.91. The molecule has 3 rings (SSSR count). The Labute approximate surface area is 147 Å². The van der Waals surface area contributed by atoms with Crippen molar-refractivity contribution in [2.24, 2.45) is 0 Å². The van der Waals surface area contributed by atoms with Crippen LogP contribution >= 0.6 is 11.6 Å². The van der Waals surface area contributed by atoms with Crippen LogP contribution in [0, 0.1) is 20.8 Å². The summed E-state index contributed by atoms with van der Waals surface area (Å²) in [6, 6.07) is 0. The van der Waals surface area contributed by atoms with Crippen molar-refractivity contribution in [3.63, 3.8) is 0 Å². The van der Waals surface area contributed by atoms with E-state index in [2.05, 4.69) is 20.5 Å². The molecule has 3 heterocycles. The van der Waals surface area contributed by atoms with E-state index in [1.807, 2.05) is 6.92 Å². The number of anilines is 1. The highest BCUT2D eigenvalue weighted by Gasteiger charge is 2.22. The van der Waals surface area contributed by atoms with Gasteiger partial charge in [-0.1, -0.05) is 11.6 Å². The minimum Gasteiger partial charge on any atom is -0.480 e. The number of nitrogens with one attached hydrogen (secondary N) is 1. The number of halogens is 1. The molecule has 0 saturated carbocycles. The number of aliphatic carboxylic acids is 1. The van der Waals surface area contributed by atoms with Gasteiger partial charge in [0, 0.05) is 12.4 Å². The summed E-state index contributed by atoms with van der Waals surface area (Å²) >= 11 is 6.22. The van der Waals surface area contributed by atoms with Crippen LogP contribution in [-0.2, 0) is 11.3 Å². The van der Waals surface area contributed by atoms with Crippen LogP contribution in [0.3, 0.4) is 0 Å². The van der Waals surface area contributed by atoms with Gasteiger partial charge in [-0.25, -0.2) is 9.50 Å². The van der Waals surface area contributed by atoms with Crippen LogP contribution in [-0.4, -0.2) is 41.4 Å². The van der Waals surface area contributed by atoms with Crippen LogP contribution in [0.1, 0.15) is 27.4 Å². The van der Waals surface area contributed by atoms with Gasteiger partial charge in [0.1, 0.15) is 11.6 Å². The lowest BCUT2D eigenvalue weighted by atomic mass is 10.3. The monoisotopic (exact) mass is 362 g/mol. The molecule has 0 aliphatic rings. The SMILES string of the molecule is Cc1cnc2c(Cl)c(C(=O)Nc3c(C)nn(CC(=O)O)c3C)nn2c1. The normalized spacial score (nSPS) is 11.0. The van der Waals surface area contributed by atoms with Crippen molar-refractivity contribution >= 4 is 34.8 Å². The largest absolute Gasteiger partial charge is 0.480 e. The highest BCUT2D eigenvalue weighted by atomic mass is 35.5. The molecule has 3 aromatic heterocycles. The number of fused-ring (bicyclic) bond motifs is 1. The van der Waals surface area contributed by atoms with E-state index >= 15 is 0 Å². The minimum absolute atomic E-state index is 0.0320. The van der Waals surface area contributed by atoms with E-state index in [9.17, 15) is 9.59 Å². The fourth-order valence-corrected chi connectivity index (χ4v) is 2.74. The van der Waals surface area contributed by atoms with E-state index in [0.29, 0.717) is 22.7 Å². The van der Waals surface area contributed by atoms with Gasteiger partial charge >= 0.3 is 5.97 Å². The molecule has 0 spiro atoms. The maximum absolute atomic E-state index is 12.6. The third-order valence-corrected chi connectivity index (χ3v) is 4.01. The van der Waals surface area contributed by atoms with Crippen LogP contribution in [0.15, 0.2) is 12.4 Å². The van der Waals surface area contributed by atoms with Crippen LogP contribution < -0.4 is 5.32 Å². The number of rotatable bonds is 4. The van der Waals surface area contributed by atoms with Crippen LogP contribution in [0.25, 0.3) is 5.65 Å². The van der Waals surface area contributed by atoms with E-state index in [4.69, 9.17) is 16.7 Å². The Morgan fingerprint density at radius 2 is 2.00 bits per heavy atom. The molecular weight excluding hydrogens is 348 g/mol. The summed E-state index contributed by atoms with van der Waals surface area (Å²) in [4.78, 5) is 27.6. The Hall–Kier alpha value is -2.94. The molecule has 0 aromatic carbocycles. The fourth-order valence-electron chi connectivity index (χ4n) is 2.48. The second-order valence-electron chi connectivity index (χ2n) is 5.61. The molecule has 1 amide bonds. The number of carboxylic acid groups (broad SMARTS) is 1. The number of hydrogen-bond acceptors (Lipinski definition) is 5. The summed E-state index contributed by atoms with van der Waals surface area (Å²) in [6.07, 6.45) is 3.35. The van der Waals surface area contributed by atoms with E-state index in [1.165, 1.54) is 9.20 Å². The molecule has 130 valence electrons. The second kappa shape index (κ2) is 6.17. The molecule has 3 aromatic rings. The lowest BCUT2D eigenvalue weighted by Gasteiger charge is -2.04. The maximum Gasteiger partial charge on any atom is 0.325 e. The molecule has 9 nitrogen and oxygen atoms in total. The molecule has 0 radical (unpaired) electrons. The van der Waals surface area contributed by atoms with Crippen molar-refractivity contribution in [1.82, 2.24) is 24.4 Å². The smallest absolute Gasteiger partial charge is 0.325 e. The van der Waals surface area contributed by atoms with Gasteiger partial charge in [0.05, 0.1) is 17.1 Å². The van der Waals surface area contributed by atoms with Gasteiger partial charge in [0.15, 0.2) is 11.3 Å². The Kier molecular flexibility index (Phi) is 4.17.